The Bertz CT molecular complexity index is 1260. The Labute approximate surface area is 267 Å². The maximum atomic E-state index is 12.3. The lowest BCUT2D eigenvalue weighted by molar-refractivity contribution is -0.123. The van der Waals surface area contributed by atoms with Crippen molar-refractivity contribution >= 4 is 12.2 Å². The first-order valence-electron chi connectivity index (χ1n) is 15.8. The lowest BCUT2D eigenvalue weighted by Gasteiger charge is -2.42. The predicted octanol–water partition coefficient (Wildman–Crippen LogP) is 5.36. The molecule has 3 fully saturated rings. The second kappa shape index (κ2) is 14.9. The highest BCUT2D eigenvalue weighted by Gasteiger charge is 2.51. The number of carbonyl (C=O) groups is 2. The van der Waals surface area contributed by atoms with Crippen LogP contribution in [-0.2, 0) is 30.1 Å². The van der Waals surface area contributed by atoms with Gasteiger partial charge in [0.25, 0.3) is 0 Å². The van der Waals surface area contributed by atoms with E-state index in [2.05, 4.69) is 12.1 Å². The number of hydrogen-bond acceptors (Lipinski definition) is 8. The van der Waals surface area contributed by atoms with Gasteiger partial charge in [0, 0.05) is 25.9 Å². The average Bonchev–Trinajstić information content (AvgIpc) is 3.43. The summed E-state index contributed by atoms with van der Waals surface area (Å²) < 4.78 is 38.0. The van der Waals surface area contributed by atoms with Gasteiger partial charge in [0.1, 0.15) is 41.4 Å². The van der Waals surface area contributed by atoms with Gasteiger partial charge in [0.15, 0.2) is 0 Å². The van der Waals surface area contributed by atoms with Crippen molar-refractivity contribution in [3.05, 3.63) is 71.8 Å². The van der Waals surface area contributed by atoms with Gasteiger partial charge >= 0.3 is 12.2 Å². The Morgan fingerprint density at radius 1 is 0.867 bits per heavy atom. The van der Waals surface area contributed by atoms with Crippen molar-refractivity contribution in [1.82, 2.24) is 9.80 Å². The maximum absolute atomic E-state index is 12.3. The van der Waals surface area contributed by atoms with Gasteiger partial charge < -0.3 is 39.0 Å². The van der Waals surface area contributed by atoms with Crippen LogP contribution in [0.15, 0.2) is 60.7 Å². The largest absolute Gasteiger partial charge is 0.444 e. The predicted molar refractivity (Wildman–Crippen MR) is 167 cm³/mol. The van der Waals surface area contributed by atoms with E-state index >= 15 is 0 Å². The van der Waals surface area contributed by atoms with Gasteiger partial charge in [-0.05, 0) is 52.7 Å². The highest BCUT2D eigenvalue weighted by Crippen LogP contribution is 2.42. The molecule has 250 valence electrons. The topological polar surface area (TPSA) is 118 Å². The molecule has 3 saturated heterocycles. The van der Waals surface area contributed by atoms with E-state index in [0.29, 0.717) is 31.6 Å². The summed E-state index contributed by atoms with van der Waals surface area (Å²) in [7, 11) is -1.00. The Morgan fingerprint density at radius 2 is 1.33 bits per heavy atom. The second-order valence-corrected chi connectivity index (χ2v) is 13.3. The lowest BCUT2D eigenvalue weighted by Crippen LogP contribution is -2.55. The molecule has 3 aliphatic rings. The summed E-state index contributed by atoms with van der Waals surface area (Å²) in [5, 5.41) is 21.0. The number of β-amino-alcohol motifs (C(OH)–C–C–N with tert-alkyl or cyclic N) is 1. The summed E-state index contributed by atoms with van der Waals surface area (Å²) in [6.07, 6.45) is -0.961. The smallest absolute Gasteiger partial charge is 0.410 e. The third kappa shape index (κ3) is 9.16. The molecule has 0 unspecified atom stereocenters. The summed E-state index contributed by atoms with van der Waals surface area (Å²) in [6.45, 7) is 12.8. The lowest BCUT2D eigenvalue weighted by atomic mass is 9.82. The summed E-state index contributed by atoms with van der Waals surface area (Å²) in [5.41, 5.74) is -1.05. The Hall–Kier alpha value is -3.25. The van der Waals surface area contributed by atoms with E-state index in [1.807, 2.05) is 57.2 Å². The third-order valence-electron chi connectivity index (χ3n) is 7.79. The molecule has 0 spiro atoms. The van der Waals surface area contributed by atoms with Crippen molar-refractivity contribution < 1.29 is 44.5 Å². The molecule has 0 aliphatic carbocycles. The number of aliphatic hydroxyl groups is 2. The highest BCUT2D eigenvalue weighted by molar-refractivity contribution is 5.69. The summed E-state index contributed by atoms with van der Waals surface area (Å²) in [5.74, 6) is 0. The van der Waals surface area contributed by atoms with Crippen LogP contribution < -0.4 is 0 Å². The Morgan fingerprint density at radius 3 is 1.82 bits per heavy atom. The van der Waals surface area contributed by atoms with E-state index < -0.39 is 41.8 Å². The minimum Gasteiger partial charge on any atom is -0.444 e. The third-order valence-corrected chi connectivity index (χ3v) is 7.79. The molecule has 0 bridgehead atoms. The van der Waals surface area contributed by atoms with E-state index in [9.17, 15) is 24.2 Å². The first-order chi connectivity index (χ1) is 21.5. The van der Waals surface area contributed by atoms with Gasteiger partial charge in [-0.3, -0.25) is 4.39 Å². The zero-order valence-electron chi connectivity index (χ0n) is 28.2. The van der Waals surface area contributed by atoms with E-state index in [1.54, 1.807) is 37.8 Å². The van der Waals surface area contributed by atoms with Crippen molar-refractivity contribution in [1.29, 1.82) is 0 Å². The maximum Gasteiger partial charge on any atom is 0.410 e. The fraction of sp³-hybridized carbons (Fsp3) is 0.588. The number of hydrogen-bond donors (Lipinski definition) is 2. The first-order valence-corrected chi connectivity index (χ1v) is 15.1. The number of benzene rings is 2. The van der Waals surface area contributed by atoms with Crippen molar-refractivity contribution in [2.24, 2.45) is 0 Å². The number of rotatable bonds is 2. The molecule has 4 atom stereocenters. The first kappa shape index (κ1) is 34.6. The number of amides is 2. The van der Waals surface area contributed by atoms with Gasteiger partial charge in [-0.1, -0.05) is 60.7 Å². The normalized spacial score (nSPS) is 26.6. The van der Waals surface area contributed by atoms with Crippen LogP contribution in [0, 0.1) is 0 Å². The van der Waals surface area contributed by atoms with E-state index in [1.165, 1.54) is 4.90 Å². The number of nitrogens with zero attached hydrogens (tertiary/aromatic N) is 2. The van der Waals surface area contributed by atoms with Crippen LogP contribution in [0.3, 0.4) is 0 Å². The molecular formula is C34H49FN2O8. The van der Waals surface area contributed by atoms with E-state index in [4.69, 9.17) is 20.3 Å². The molecule has 0 aromatic heterocycles. The molecule has 0 saturated carbocycles. The fourth-order valence-corrected chi connectivity index (χ4v) is 5.58. The molecule has 10 nitrogen and oxygen atoms in total. The van der Waals surface area contributed by atoms with E-state index in [-0.39, 0.29) is 32.0 Å². The van der Waals surface area contributed by atoms with Gasteiger partial charge in [-0.25, -0.2) is 9.59 Å². The number of halogens is 1. The SMILES string of the molecule is CC(C)(C)OC(=O)N1CC[C@@](O)(c2ccccc2)[C@H](O)C1.CC(C)(C)OC(=O)N1CC[C@]2(c3ccccc3)OCO[C@@H]2C1.[2H]CF. The van der Waals surface area contributed by atoms with Crippen LogP contribution >= 0.6 is 0 Å². The number of carbonyl (C=O) groups excluding carboxylic acids is 2. The number of likely N-dealkylation sites (tertiary alicyclic amines) is 2. The van der Waals surface area contributed by atoms with Crippen LogP contribution in [-0.4, -0.2) is 95.7 Å². The molecule has 2 aromatic rings. The molecule has 5 rings (SSSR count). The van der Waals surface area contributed by atoms with Crippen molar-refractivity contribution in [3.63, 3.8) is 0 Å². The summed E-state index contributed by atoms with van der Waals surface area (Å²) in [4.78, 5) is 27.4. The number of alkyl halides is 1. The molecule has 0 radical (unpaired) electrons. The van der Waals surface area contributed by atoms with E-state index in [0.717, 1.165) is 5.56 Å². The summed E-state index contributed by atoms with van der Waals surface area (Å²) in [6, 6.07) is 19.2. The fourth-order valence-electron chi connectivity index (χ4n) is 5.58. The van der Waals surface area contributed by atoms with Gasteiger partial charge in [0.05, 0.1) is 21.6 Å². The average molecular weight is 634 g/mol. The zero-order chi connectivity index (χ0) is 34.2. The molecule has 2 amide bonds. The zero-order valence-corrected chi connectivity index (χ0v) is 27.2. The van der Waals surface area contributed by atoms with Crippen LogP contribution in [0.4, 0.5) is 14.0 Å². The standard InChI is InChI=1S/C17H23NO4.C16H23NO4.CH3F/c1-16(2,3)22-15(19)18-10-9-17(13-7-5-4-6-8-13)14(11-18)20-12-21-17;1-15(2,3)21-14(19)17-10-9-16(20,13(18)11-17)12-7-5-4-6-8-12;1-2/h4-8,14H,9-12H2,1-3H3;4-8,13,18,20H,9-11H2,1-3H3;1H3/t14-,17-;13-,16-;/m11./s1/i;;1D. The molecule has 3 heterocycles. The number of aliphatic hydroxyl groups excluding tert-OH is 1. The number of ether oxygens (including phenoxy) is 4. The molecule has 2 N–H and O–H groups in total. The quantitative estimate of drug-likeness (QED) is 0.454. The number of fused-ring (bicyclic) bond motifs is 1. The molecule has 11 heteroatoms. The van der Waals surface area contributed by atoms with Crippen LogP contribution in [0.25, 0.3) is 0 Å². The molecule has 2 aromatic carbocycles. The highest BCUT2D eigenvalue weighted by atomic mass is 19.1. The summed E-state index contributed by atoms with van der Waals surface area (Å²) >= 11 is 0. The minimum absolute atomic E-state index is 0.0559. The van der Waals surface area contributed by atoms with Gasteiger partial charge in [-0.15, -0.1) is 0 Å². The minimum atomic E-state index is -1.32. The second-order valence-electron chi connectivity index (χ2n) is 13.3. The Kier molecular flexibility index (Phi) is 11.5. The van der Waals surface area contributed by atoms with Crippen molar-refractivity contribution in [3.8, 4) is 0 Å². The number of piperidine rings is 2. The van der Waals surface area contributed by atoms with Crippen LogP contribution in [0.5, 0.6) is 0 Å². The van der Waals surface area contributed by atoms with Gasteiger partial charge in [-0.2, -0.15) is 0 Å². The van der Waals surface area contributed by atoms with Crippen molar-refractivity contribution in [2.45, 2.75) is 89.0 Å². The molecular weight excluding hydrogens is 583 g/mol. The van der Waals surface area contributed by atoms with Crippen LogP contribution in [0.1, 0.15) is 66.9 Å². The van der Waals surface area contributed by atoms with Crippen molar-refractivity contribution in [2.75, 3.05) is 40.1 Å². The Balaban J connectivity index is 0.000000231. The molecule has 45 heavy (non-hydrogen) atoms. The van der Waals surface area contributed by atoms with Gasteiger partial charge in [0.2, 0.25) is 0 Å². The monoisotopic (exact) mass is 633 g/mol. The van der Waals surface area contributed by atoms with Crippen LogP contribution in [0.2, 0.25) is 0 Å². The molecule has 3 aliphatic heterocycles.